The number of ether oxygens (including phenoxy) is 3. The predicted molar refractivity (Wildman–Crippen MR) is 146 cm³/mol. The number of piperazine rings is 1. The van der Waals surface area contributed by atoms with Crippen molar-refractivity contribution >= 4 is 41.1 Å². The van der Waals surface area contributed by atoms with Gasteiger partial charge in [-0.3, -0.25) is 19.5 Å². The van der Waals surface area contributed by atoms with E-state index in [-0.39, 0.29) is 37.9 Å². The van der Waals surface area contributed by atoms with Gasteiger partial charge in [0.15, 0.2) is 11.8 Å². The molecule has 1 atom stereocenters. The van der Waals surface area contributed by atoms with Crippen LogP contribution in [0.25, 0.3) is 5.65 Å². The Morgan fingerprint density at radius 3 is 2.74 bits per heavy atom. The van der Waals surface area contributed by atoms with Crippen LogP contribution in [0.3, 0.4) is 0 Å². The minimum Gasteiger partial charge on any atom is -0.440 e. The zero-order valence-electron chi connectivity index (χ0n) is 22.5. The third kappa shape index (κ3) is 6.40. The summed E-state index contributed by atoms with van der Waals surface area (Å²) >= 11 is 0. The minimum absolute atomic E-state index is 0.00613. The fourth-order valence-corrected chi connectivity index (χ4v) is 4.58. The summed E-state index contributed by atoms with van der Waals surface area (Å²) in [4.78, 5) is 61.8. The van der Waals surface area contributed by atoms with Gasteiger partial charge in [-0.2, -0.15) is 0 Å². The smallest absolute Gasteiger partial charge is 0.440 e. The van der Waals surface area contributed by atoms with Crippen LogP contribution in [-0.4, -0.2) is 102 Å². The summed E-state index contributed by atoms with van der Waals surface area (Å²) in [6, 6.07) is 4.40. The van der Waals surface area contributed by atoms with Crippen molar-refractivity contribution in [3.8, 4) is 0 Å². The average Bonchev–Trinajstić information content (AvgIpc) is 3.61. The van der Waals surface area contributed by atoms with Gasteiger partial charge < -0.3 is 33.7 Å². The highest BCUT2D eigenvalue weighted by Gasteiger charge is 2.34. The average molecular weight is 582 g/mol. The van der Waals surface area contributed by atoms with E-state index in [1.807, 2.05) is 0 Å². The Morgan fingerprint density at radius 2 is 2.00 bits per heavy atom. The van der Waals surface area contributed by atoms with Crippen molar-refractivity contribution < 1.29 is 37.8 Å². The third-order valence-corrected chi connectivity index (χ3v) is 6.69. The molecule has 0 bridgehead atoms. The van der Waals surface area contributed by atoms with E-state index in [2.05, 4.69) is 21.9 Å². The van der Waals surface area contributed by atoms with Gasteiger partial charge in [-0.25, -0.2) is 19.0 Å². The molecule has 0 spiro atoms. The molecule has 2 aromatic heterocycles. The van der Waals surface area contributed by atoms with Gasteiger partial charge in [-0.15, -0.1) is 0 Å². The molecule has 4 heterocycles. The standard InChI is InChI=1S/C27H28FN7O7/c1-2-11-40-27(39)41-17-19-15-35(26(38)42-19)18-3-4-22(20(28)12-18)32-7-9-33(10-8-32)24(36)14-30-25(37)21-16-34-6-5-29-13-23(34)31-21/h2-6,12-13,16,19H,1,7-11,14-15,17H2,(H,30,37). The highest BCUT2D eigenvalue weighted by Crippen LogP contribution is 2.28. The summed E-state index contributed by atoms with van der Waals surface area (Å²) in [6.07, 6.45) is 5.38. The van der Waals surface area contributed by atoms with Crippen LogP contribution >= 0.6 is 0 Å². The topological polar surface area (TPSA) is 148 Å². The molecular formula is C27H28FN7O7. The molecule has 2 saturated heterocycles. The zero-order chi connectivity index (χ0) is 29.6. The van der Waals surface area contributed by atoms with Gasteiger partial charge in [0.25, 0.3) is 5.91 Å². The van der Waals surface area contributed by atoms with E-state index in [0.717, 1.165) is 0 Å². The summed E-state index contributed by atoms with van der Waals surface area (Å²) in [7, 11) is 0. The monoisotopic (exact) mass is 581 g/mol. The lowest BCUT2D eigenvalue weighted by atomic mass is 10.2. The van der Waals surface area contributed by atoms with Crippen LogP contribution in [0, 0.1) is 5.82 Å². The molecule has 2 aliphatic rings. The molecule has 2 aliphatic heterocycles. The largest absolute Gasteiger partial charge is 0.508 e. The number of hydrogen-bond acceptors (Lipinski definition) is 10. The molecule has 0 radical (unpaired) electrons. The summed E-state index contributed by atoms with van der Waals surface area (Å²) in [6.45, 7) is 4.53. The fourth-order valence-electron chi connectivity index (χ4n) is 4.58. The number of amides is 3. The van der Waals surface area contributed by atoms with E-state index in [9.17, 15) is 19.2 Å². The molecule has 5 rings (SSSR count). The molecule has 1 unspecified atom stereocenters. The van der Waals surface area contributed by atoms with E-state index in [4.69, 9.17) is 14.2 Å². The van der Waals surface area contributed by atoms with Crippen molar-refractivity contribution in [2.24, 2.45) is 0 Å². The number of cyclic esters (lactones) is 1. The Balaban J connectivity index is 1.09. The first-order chi connectivity index (χ1) is 20.3. The number of fused-ring (bicyclic) bond motifs is 1. The second-order valence-corrected chi connectivity index (χ2v) is 9.43. The van der Waals surface area contributed by atoms with Gasteiger partial charge in [0, 0.05) is 44.8 Å². The predicted octanol–water partition coefficient (Wildman–Crippen LogP) is 1.61. The zero-order valence-corrected chi connectivity index (χ0v) is 22.5. The van der Waals surface area contributed by atoms with Gasteiger partial charge >= 0.3 is 12.2 Å². The molecule has 0 saturated carbocycles. The van der Waals surface area contributed by atoms with E-state index in [0.29, 0.717) is 43.2 Å². The Labute approximate surface area is 239 Å². The van der Waals surface area contributed by atoms with E-state index >= 15 is 4.39 Å². The van der Waals surface area contributed by atoms with E-state index < -0.39 is 30.1 Å². The Morgan fingerprint density at radius 1 is 1.19 bits per heavy atom. The maximum atomic E-state index is 15.1. The normalized spacial score (nSPS) is 16.7. The van der Waals surface area contributed by atoms with Crippen LogP contribution in [0.2, 0.25) is 0 Å². The number of halogens is 1. The SMILES string of the molecule is C=CCOC(=O)OCC1CN(c2ccc(N3CCN(C(=O)CNC(=O)c4cn5ccncc5n4)CC3)c(F)c2)C(=O)O1. The maximum Gasteiger partial charge on any atom is 0.508 e. The molecule has 15 heteroatoms. The number of rotatable bonds is 9. The highest BCUT2D eigenvalue weighted by atomic mass is 19.1. The van der Waals surface area contributed by atoms with Crippen molar-refractivity contribution in [1.82, 2.24) is 24.6 Å². The molecular weight excluding hydrogens is 553 g/mol. The third-order valence-electron chi connectivity index (χ3n) is 6.69. The first-order valence-corrected chi connectivity index (χ1v) is 13.1. The number of carbonyl (C=O) groups is 4. The molecule has 1 aromatic carbocycles. The first kappa shape index (κ1) is 28.3. The molecule has 3 amide bonds. The number of imidazole rings is 1. The van der Waals surface area contributed by atoms with Gasteiger partial charge in [-0.1, -0.05) is 12.7 Å². The molecule has 3 aromatic rings. The van der Waals surface area contributed by atoms with Crippen molar-refractivity contribution in [2.75, 3.05) is 62.3 Å². The lowest BCUT2D eigenvalue weighted by Crippen LogP contribution is -2.51. The molecule has 0 aliphatic carbocycles. The van der Waals surface area contributed by atoms with E-state index in [1.54, 1.807) is 44.9 Å². The van der Waals surface area contributed by atoms with Crippen molar-refractivity contribution in [1.29, 1.82) is 0 Å². The number of nitrogens with one attached hydrogen (secondary N) is 1. The lowest BCUT2D eigenvalue weighted by Gasteiger charge is -2.36. The van der Waals surface area contributed by atoms with Crippen LogP contribution in [0.4, 0.5) is 25.4 Å². The number of benzene rings is 1. The number of nitrogens with zero attached hydrogens (tertiary/aromatic N) is 6. The second kappa shape index (κ2) is 12.5. The number of anilines is 2. The van der Waals surface area contributed by atoms with Crippen LogP contribution in [-0.2, 0) is 19.0 Å². The van der Waals surface area contributed by atoms with Crippen molar-refractivity contribution in [3.05, 3.63) is 67.2 Å². The Hall–Kier alpha value is -5.21. The molecule has 42 heavy (non-hydrogen) atoms. The van der Waals surface area contributed by atoms with Gasteiger partial charge in [0.05, 0.1) is 30.7 Å². The van der Waals surface area contributed by atoms with Crippen molar-refractivity contribution in [3.63, 3.8) is 0 Å². The van der Waals surface area contributed by atoms with Crippen LogP contribution < -0.4 is 15.1 Å². The van der Waals surface area contributed by atoms with E-state index in [1.165, 1.54) is 23.2 Å². The van der Waals surface area contributed by atoms with Crippen LogP contribution in [0.15, 0.2) is 55.6 Å². The van der Waals surface area contributed by atoms with Crippen LogP contribution in [0.5, 0.6) is 0 Å². The Bertz CT molecular complexity index is 1470. The lowest BCUT2D eigenvalue weighted by molar-refractivity contribution is -0.130. The first-order valence-electron chi connectivity index (χ1n) is 13.1. The summed E-state index contributed by atoms with van der Waals surface area (Å²) < 4.78 is 31.6. The minimum atomic E-state index is -0.910. The molecule has 14 nitrogen and oxygen atoms in total. The Kier molecular flexibility index (Phi) is 8.45. The molecule has 1 N–H and O–H groups in total. The maximum absolute atomic E-state index is 15.1. The number of hydrogen-bond donors (Lipinski definition) is 1. The fraction of sp³-hybridized carbons (Fsp3) is 0.333. The summed E-state index contributed by atoms with van der Waals surface area (Å²) in [5, 5.41) is 2.59. The quantitative estimate of drug-likeness (QED) is 0.292. The van der Waals surface area contributed by atoms with Crippen molar-refractivity contribution in [2.45, 2.75) is 6.10 Å². The van der Waals surface area contributed by atoms with Gasteiger partial charge in [0.1, 0.15) is 24.7 Å². The summed E-state index contributed by atoms with van der Waals surface area (Å²) in [5.74, 6) is -1.27. The highest BCUT2D eigenvalue weighted by molar-refractivity contribution is 5.95. The van der Waals surface area contributed by atoms with Gasteiger partial charge in [0.2, 0.25) is 5.91 Å². The number of aromatic nitrogens is 3. The summed E-state index contributed by atoms with van der Waals surface area (Å²) in [5.41, 5.74) is 1.32. The van der Waals surface area contributed by atoms with Crippen LogP contribution in [0.1, 0.15) is 10.5 Å². The van der Waals surface area contributed by atoms with Gasteiger partial charge in [-0.05, 0) is 18.2 Å². The number of carbonyl (C=O) groups excluding carboxylic acids is 4. The second-order valence-electron chi connectivity index (χ2n) is 9.43. The molecule has 220 valence electrons. The molecule has 2 fully saturated rings.